The van der Waals surface area contributed by atoms with Crippen molar-refractivity contribution in [2.24, 2.45) is 11.3 Å². The summed E-state index contributed by atoms with van der Waals surface area (Å²) in [5.74, 6) is 0.390. The number of nitrogens with one attached hydrogen (secondary N) is 1. The zero-order chi connectivity index (χ0) is 22.8. The third kappa shape index (κ3) is 5.72. The average Bonchev–Trinajstić information content (AvgIpc) is 2.76. The Hall–Kier alpha value is -1.46. The van der Waals surface area contributed by atoms with Gasteiger partial charge in [0.15, 0.2) is 0 Å². The molecule has 0 aromatic heterocycles. The molecule has 1 aromatic carbocycles. The maximum atomic E-state index is 14.4. The number of amides is 1. The van der Waals surface area contributed by atoms with Crippen molar-refractivity contribution in [3.63, 3.8) is 0 Å². The van der Waals surface area contributed by atoms with E-state index in [2.05, 4.69) is 31.0 Å². The molecule has 5 heteroatoms. The van der Waals surface area contributed by atoms with E-state index in [1.807, 2.05) is 6.07 Å². The lowest BCUT2D eigenvalue weighted by molar-refractivity contribution is -0.123. The summed E-state index contributed by atoms with van der Waals surface area (Å²) in [5.41, 5.74) is 2.69. The summed E-state index contributed by atoms with van der Waals surface area (Å²) in [7, 11) is 0. The van der Waals surface area contributed by atoms with Crippen LogP contribution >= 0.6 is 0 Å². The van der Waals surface area contributed by atoms with Gasteiger partial charge < -0.3 is 15.0 Å². The molecule has 1 aliphatic carbocycles. The number of rotatable bonds is 5. The maximum Gasteiger partial charge on any atom is 0.220 e. The molecule has 4 nitrogen and oxygen atoms in total. The van der Waals surface area contributed by atoms with Crippen molar-refractivity contribution in [1.29, 1.82) is 0 Å². The molecule has 1 amide bonds. The molecule has 0 unspecified atom stereocenters. The third-order valence-electron chi connectivity index (χ3n) is 8.02. The number of hydrogen-bond acceptors (Lipinski definition) is 3. The number of ether oxygens (including phenoxy) is 1. The second-order valence-electron chi connectivity index (χ2n) is 11.6. The number of likely N-dealkylation sites (tertiary alicyclic amines) is 1. The molecular weight excluding hydrogens is 403 g/mol. The fourth-order valence-electron chi connectivity index (χ4n) is 5.84. The number of piperidine rings is 1. The molecule has 0 radical (unpaired) electrons. The van der Waals surface area contributed by atoms with Crippen LogP contribution in [0, 0.1) is 17.2 Å². The van der Waals surface area contributed by atoms with Gasteiger partial charge in [-0.3, -0.25) is 4.79 Å². The lowest BCUT2D eigenvalue weighted by atomic mass is 9.63. The molecule has 1 aromatic rings. The second-order valence-corrected chi connectivity index (χ2v) is 11.6. The Morgan fingerprint density at radius 2 is 1.88 bits per heavy atom. The molecule has 3 aliphatic rings. The summed E-state index contributed by atoms with van der Waals surface area (Å²) < 4.78 is 19.8. The first-order valence-corrected chi connectivity index (χ1v) is 12.6. The minimum absolute atomic E-state index is 0.00230. The number of benzene rings is 1. The van der Waals surface area contributed by atoms with Crippen LogP contribution in [-0.2, 0) is 14.9 Å². The summed E-state index contributed by atoms with van der Waals surface area (Å²) in [4.78, 5) is 15.4. The van der Waals surface area contributed by atoms with Crippen LogP contribution < -0.4 is 5.32 Å². The minimum Gasteiger partial charge on any atom is -0.381 e. The zero-order valence-electron chi connectivity index (χ0n) is 20.2. The van der Waals surface area contributed by atoms with Crippen molar-refractivity contribution >= 4 is 5.91 Å². The van der Waals surface area contributed by atoms with E-state index in [0.29, 0.717) is 17.8 Å². The van der Waals surface area contributed by atoms with Gasteiger partial charge in [-0.2, -0.15) is 0 Å². The van der Waals surface area contributed by atoms with E-state index in [1.165, 1.54) is 6.42 Å². The fraction of sp³-hybridized carbons (Fsp3) is 0.741. The van der Waals surface area contributed by atoms with Gasteiger partial charge >= 0.3 is 0 Å². The molecule has 0 bridgehead atoms. The van der Waals surface area contributed by atoms with Gasteiger partial charge in [-0.1, -0.05) is 26.8 Å². The quantitative estimate of drug-likeness (QED) is 0.664. The molecule has 178 valence electrons. The number of nitrogens with zero attached hydrogens (tertiary/aromatic N) is 1. The number of halogens is 1. The van der Waals surface area contributed by atoms with Crippen LogP contribution in [0.25, 0.3) is 0 Å². The minimum atomic E-state index is -0.160. The predicted octanol–water partition coefficient (Wildman–Crippen LogP) is 5.36. The van der Waals surface area contributed by atoms with Gasteiger partial charge in [-0.05, 0) is 105 Å². The number of carbonyl (C=O) groups is 1. The number of hydrogen-bond donors (Lipinski definition) is 1. The van der Waals surface area contributed by atoms with Crippen LogP contribution in [0.3, 0.4) is 0 Å². The smallest absolute Gasteiger partial charge is 0.220 e. The molecule has 2 fully saturated rings. The van der Waals surface area contributed by atoms with Gasteiger partial charge in [0.1, 0.15) is 5.82 Å². The molecule has 2 aliphatic heterocycles. The van der Waals surface area contributed by atoms with E-state index in [1.54, 1.807) is 12.1 Å². The van der Waals surface area contributed by atoms with Gasteiger partial charge in [0.2, 0.25) is 5.91 Å². The third-order valence-corrected chi connectivity index (χ3v) is 8.02. The van der Waals surface area contributed by atoms with Crippen molar-refractivity contribution < 1.29 is 13.9 Å². The highest BCUT2D eigenvalue weighted by atomic mass is 19.1. The van der Waals surface area contributed by atoms with E-state index in [4.69, 9.17) is 4.74 Å². The van der Waals surface area contributed by atoms with Crippen molar-refractivity contribution in [3.05, 3.63) is 35.1 Å². The highest BCUT2D eigenvalue weighted by Crippen LogP contribution is 2.48. The van der Waals surface area contributed by atoms with E-state index >= 15 is 0 Å². The molecule has 0 saturated carbocycles. The molecule has 1 atom stereocenters. The first-order valence-electron chi connectivity index (χ1n) is 12.6. The van der Waals surface area contributed by atoms with E-state index in [-0.39, 0.29) is 23.2 Å². The molecule has 2 heterocycles. The van der Waals surface area contributed by atoms with E-state index in [9.17, 15) is 9.18 Å². The van der Waals surface area contributed by atoms with Crippen LogP contribution in [0.15, 0.2) is 18.2 Å². The largest absolute Gasteiger partial charge is 0.381 e. The van der Waals surface area contributed by atoms with Crippen molar-refractivity contribution in [1.82, 2.24) is 10.2 Å². The second kappa shape index (κ2) is 9.80. The molecule has 32 heavy (non-hydrogen) atoms. The monoisotopic (exact) mass is 444 g/mol. The lowest BCUT2D eigenvalue weighted by Gasteiger charge is -2.47. The zero-order valence-corrected chi connectivity index (χ0v) is 20.2. The molecule has 4 rings (SSSR count). The van der Waals surface area contributed by atoms with Crippen molar-refractivity contribution in [2.45, 2.75) is 83.6 Å². The van der Waals surface area contributed by atoms with E-state index in [0.717, 1.165) is 82.5 Å². The topological polar surface area (TPSA) is 41.6 Å². The summed E-state index contributed by atoms with van der Waals surface area (Å²) >= 11 is 0. The van der Waals surface area contributed by atoms with Crippen molar-refractivity contribution in [3.8, 4) is 0 Å². The lowest BCUT2D eigenvalue weighted by Crippen LogP contribution is -2.47. The Morgan fingerprint density at radius 3 is 2.56 bits per heavy atom. The van der Waals surface area contributed by atoms with Crippen LogP contribution in [0.5, 0.6) is 0 Å². The van der Waals surface area contributed by atoms with Gasteiger partial charge in [-0.15, -0.1) is 0 Å². The standard InChI is InChI=1S/C27H41FN2O2/c1-26(2,3)10-13-30-14-11-27(12-15-30)9-6-24(22-5-4-21(28)19-23(22)27)29-25(31)18-20-7-16-32-17-8-20/h4-5,19-20,24H,6-18H2,1-3H3,(H,29,31)/t24-/m1/s1. The Kier molecular flexibility index (Phi) is 7.26. The Bertz CT molecular complexity index is 789. The van der Waals surface area contributed by atoms with Gasteiger partial charge in [-0.25, -0.2) is 4.39 Å². The molecular formula is C27H41FN2O2. The summed E-state index contributed by atoms with van der Waals surface area (Å²) in [5, 5.41) is 3.30. The van der Waals surface area contributed by atoms with Gasteiger partial charge in [0, 0.05) is 19.6 Å². The number of carbonyl (C=O) groups excluding carboxylic acids is 1. The fourth-order valence-corrected chi connectivity index (χ4v) is 5.84. The first kappa shape index (κ1) is 23.7. The van der Waals surface area contributed by atoms with Crippen LogP contribution in [-0.4, -0.2) is 43.7 Å². The van der Waals surface area contributed by atoms with Crippen LogP contribution in [0.4, 0.5) is 4.39 Å². The predicted molar refractivity (Wildman–Crippen MR) is 126 cm³/mol. The number of fused-ring (bicyclic) bond motifs is 2. The Balaban J connectivity index is 1.43. The van der Waals surface area contributed by atoms with Gasteiger partial charge in [0.05, 0.1) is 6.04 Å². The molecule has 1 spiro atoms. The van der Waals surface area contributed by atoms with E-state index < -0.39 is 0 Å². The molecule has 2 saturated heterocycles. The SMILES string of the molecule is CC(C)(C)CCN1CCC2(CC[C@@H](NC(=O)CC3CCOCC3)c3ccc(F)cc32)CC1. The average molecular weight is 445 g/mol. The first-order chi connectivity index (χ1) is 15.2. The summed E-state index contributed by atoms with van der Waals surface area (Å²) in [6.07, 6.45) is 7.84. The highest BCUT2D eigenvalue weighted by molar-refractivity contribution is 5.77. The Morgan fingerprint density at radius 1 is 1.16 bits per heavy atom. The van der Waals surface area contributed by atoms with Crippen LogP contribution in [0.1, 0.15) is 89.3 Å². The highest BCUT2D eigenvalue weighted by Gasteiger charge is 2.42. The van der Waals surface area contributed by atoms with Crippen molar-refractivity contribution in [2.75, 3.05) is 32.8 Å². The normalized spacial score (nSPS) is 24.3. The Labute approximate surface area is 193 Å². The maximum absolute atomic E-state index is 14.4. The van der Waals surface area contributed by atoms with Crippen LogP contribution in [0.2, 0.25) is 0 Å². The summed E-state index contributed by atoms with van der Waals surface area (Å²) in [6.45, 7) is 11.7. The van der Waals surface area contributed by atoms with Gasteiger partial charge in [0.25, 0.3) is 0 Å². The molecule has 1 N–H and O–H groups in total. The summed E-state index contributed by atoms with van der Waals surface area (Å²) in [6, 6.07) is 5.25.